The summed E-state index contributed by atoms with van der Waals surface area (Å²) in [6.07, 6.45) is 2.10. The van der Waals surface area contributed by atoms with Crippen LogP contribution in [0.1, 0.15) is 16.5 Å². The lowest BCUT2D eigenvalue weighted by Crippen LogP contribution is -2.42. The van der Waals surface area contributed by atoms with E-state index in [0.29, 0.717) is 4.48 Å². The fourth-order valence-electron chi connectivity index (χ4n) is 4.25. The standard InChI is InChI=1S/C28H24NOS/c1-2-29(21-22-12-11-17-25(20-22)30-24-15-7-4-8-16-24)26-18-9-10-19-27(26)31-28(29)23-13-5-3-6-14-23/h2-20,28H,1,21H2/q+1. The molecule has 0 bridgehead atoms. The molecular formula is C28H24NOS+. The van der Waals surface area contributed by atoms with Crippen molar-refractivity contribution >= 4 is 17.4 Å². The minimum Gasteiger partial charge on any atom is -0.457 e. The smallest absolute Gasteiger partial charge is 0.175 e. The van der Waals surface area contributed by atoms with Crippen molar-refractivity contribution in [1.82, 2.24) is 4.48 Å². The van der Waals surface area contributed by atoms with Crippen LogP contribution in [0.5, 0.6) is 11.5 Å². The lowest BCUT2D eigenvalue weighted by atomic mass is 10.1. The quantitative estimate of drug-likeness (QED) is 0.292. The van der Waals surface area contributed by atoms with Gasteiger partial charge in [0.1, 0.15) is 18.0 Å². The summed E-state index contributed by atoms with van der Waals surface area (Å²) in [5.74, 6) is 1.69. The van der Waals surface area contributed by atoms with Crippen LogP contribution < -0.4 is 9.22 Å². The average Bonchev–Trinajstić information content (AvgIpc) is 3.15. The Hall–Kier alpha value is -3.27. The molecule has 0 radical (unpaired) electrons. The molecule has 4 aromatic carbocycles. The summed E-state index contributed by atoms with van der Waals surface area (Å²) < 4.78 is 6.76. The van der Waals surface area contributed by atoms with Gasteiger partial charge in [0.2, 0.25) is 0 Å². The molecule has 0 saturated carbocycles. The molecule has 152 valence electrons. The number of nitrogens with zero attached hydrogens (tertiary/aromatic N) is 1. The zero-order valence-corrected chi connectivity index (χ0v) is 18.0. The highest BCUT2D eigenvalue weighted by Gasteiger charge is 2.47. The minimum absolute atomic E-state index is 0.217. The lowest BCUT2D eigenvalue weighted by Gasteiger charge is -2.36. The number of hydrogen-bond donors (Lipinski definition) is 0. The zero-order chi connectivity index (χ0) is 21.1. The van der Waals surface area contributed by atoms with Crippen LogP contribution in [-0.2, 0) is 6.54 Å². The second-order valence-electron chi connectivity index (χ2n) is 7.68. The van der Waals surface area contributed by atoms with Gasteiger partial charge in [-0.1, -0.05) is 84.6 Å². The Balaban J connectivity index is 1.53. The Morgan fingerprint density at radius 1 is 0.774 bits per heavy atom. The van der Waals surface area contributed by atoms with Gasteiger partial charge in [0.25, 0.3) is 0 Å². The maximum absolute atomic E-state index is 6.09. The predicted molar refractivity (Wildman–Crippen MR) is 130 cm³/mol. The van der Waals surface area contributed by atoms with Crippen LogP contribution in [0.15, 0.2) is 127 Å². The number of para-hydroxylation sites is 2. The van der Waals surface area contributed by atoms with Crippen LogP contribution in [0.25, 0.3) is 0 Å². The maximum Gasteiger partial charge on any atom is 0.175 e. The molecule has 3 heteroatoms. The highest BCUT2D eigenvalue weighted by atomic mass is 32.2. The molecule has 31 heavy (non-hydrogen) atoms. The molecule has 0 fully saturated rings. The van der Waals surface area contributed by atoms with Gasteiger partial charge < -0.3 is 4.74 Å². The topological polar surface area (TPSA) is 9.23 Å². The van der Waals surface area contributed by atoms with Gasteiger partial charge in [-0.25, -0.2) is 4.48 Å². The van der Waals surface area contributed by atoms with E-state index < -0.39 is 0 Å². The fraction of sp³-hybridized carbons (Fsp3) is 0.0714. The number of fused-ring (bicyclic) bond motifs is 1. The highest BCUT2D eigenvalue weighted by molar-refractivity contribution is 8.00. The number of thioether (sulfide) groups is 1. The summed E-state index contributed by atoms with van der Waals surface area (Å²) in [5.41, 5.74) is 3.82. The van der Waals surface area contributed by atoms with Crippen LogP contribution in [0.4, 0.5) is 5.69 Å². The summed E-state index contributed by atoms with van der Waals surface area (Å²) in [4.78, 5) is 1.31. The molecule has 0 N–H and O–H groups in total. The van der Waals surface area contributed by atoms with Crippen molar-refractivity contribution in [2.75, 3.05) is 0 Å². The molecule has 1 heterocycles. The number of quaternary nitrogens is 1. The predicted octanol–water partition coefficient (Wildman–Crippen LogP) is 7.93. The van der Waals surface area contributed by atoms with Crippen molar-refractivity contribution in [3.63, 3.8) is 0 Å². The van der Waals surface area contributed by atoms with Crippen molar-refractivity contribution in [2.24, 2.45) is 0 Å². The molecule has 0 aliphatic carbocycles. The third-order valence-corrected chi connectivity index (χ3v) is 7.17. The molecule has 0 amide bonds. The Morgan fingerprint density at radius 3 is 2.23 bits per heavy atom. The molecule has 5 rings (SSSR count). The largest absolute Gasteiger partial charge is 0.457 e. The third-order valence-electron chi connectivity index (χ3n) is 5.70. The minimum atomic E-state index is 0.217. The molecule has 0 aromatic heterocycles. The van der Waals surface area contributed by atoms with Crippen LogP contribution >= 0.6 is 11.8 Å². The Kier molecular flexibility index (Phi) is 5.37. The molecule has 2 nitrogen and oxygen atoms in total. The maximum atomic E-state index is 6.09. The lowest BCUT2D eigenvalue weighted by molar-refractivity contribution is 0.351. The van der Waals surface area contributed by atoms with Crippen LogP contribution in [-0.4, -0.2) is 0 Å². The van der Waals surface area contributed by atoms with Gasteiger partial charge in [-0.15, -0.1) is 0 Å². The van der Waals surface area contributed by atoms with Crippen LogP contribution in [0.2, 0.25) is 0 Å². The molecule has 2 unspecified atom stereocenters. The first-order valence-corrected chi connectivity index (χ1v) is 11.3. The van der Waals surface area contributed by atoms with E-state index in [9.17, 15) is 0 Å². The Labute approximate surface area is 188 Å². The fourth-order valence-corrected chi connectivity index (χ4v) is 5.77. The number of rotatable bonds is 6. The SMILES string of the molecule is C=C[N+]1(Cc2cccc(Oc3ccccc3)c2)c2ccccc2SC1c1ccccc1. The number of benzene rings is 4. The van der Waals surface area contributed by atoms with E-state index in [2.05, 4.69) is 85.6 Å². The molecule has 0 saturated heterocycles. The van der Waals surface area contributed by atoms with Crippen molar-refractivity contribution in [2.45, 2.75) is 16.8 Å². The van der Waals surface area contributed by atoms with E-state index in [4.69, 9.17) is 4.74 Å². The van der Waals surface area contributed by atoms with Gasteiger partial charge in [0.05, 0.1) is 11.1 Å². The van der Waals surface area contributed by atoms with Gasteiger partial charge in [-0.2, -0.15) is 0 Å². The third kappa shape index (κ3) is 3.78. The van der Waals surface area contributed by atoms with E-state index in [1.54, 1.807) is 0 Å². The van der Waals surface area contributed by atoms with Gasteiger partial charge in [0.15, 0.2) is 11.1 Å². The molecule has 2 atom stereocenters. The van der Waals surface area contributed by atoms with Crippen molar-refractivity contribution in [3.05, 3.63) is 133 Å². The van der Waals surface area contributed by atoms with Crippen LogP contribution in [0.3, 0.4) is 0 Å². The van der Waals surface area contributed by atoms with Crippen molar-refractivity contribution in [3.8, 4) is 11.5 Å². The first-order valence-electron chi connectivity index (χ1n) is 10.4. The molecule has 4 aromatic rings. The normalized spacial score (nSPS) is 19.5. The summed E-state index contributed by atoms with van der Waals surface area (Å²) in [6, 6.07) is 37.7. The molecular weight excluding hydrogens is 398 g/mol. The van der Waals surface area contributed by atoms with Crippen LogP contribution in [0, 0.1) is 0 Å². The summed E-state index contributed by atoms with van der Waals surface area (Å²) in [5, 5.41) is 0.217. The molecule has 0 spiro atoms. The summed E-state index contributed by atoms with van der Waals surface area (Å²) >= 11 is 1.92. The Bertz CT molecular complexity index is 1190. The van der Waals surface area contributed by atoms with Gasteiger partial charge >= 0.3 is 0 Å². The van der Waals surface area contributed by atoms with Gasteiger partial charge in [0, 0.05) is 17.2 Å². The van der Waals surface area contributed by atoms with E-state index in [1.807, 2.05) is 48.2 Å². The van der Waals surface area contributed by atoms with Gasteiger partial charge in [-0.3, -0.25) is 0 Å². The van der Waals surface area contributed by atoms with Crippen molar-refractivity contribution in [1.29, 1.82) is 0 Å². The summed E-state index contributed by atoms with van der Waals surface area (Å²) in [6.45, 7) is 5.11. The summed E-state index contributed by atoms with van der Waals surface area (Å²) in [7, 11) is 0. The Morgan fingerprint density at radius 2 is 1.45 bits per heavy atom. The molecule has 1 aliphatic rings. The second kappa shape index (κ2) is 8.46. The molecule has 1 aliphatic heterocycles. The first kappa shape index (κ1) is 19.7. The first-order chi connectivity index (χ1) is 15.3. The van der Waals surface area contributed by atoms with E-state index in [-0.39, 0.29) is 5.37 Å². The second-order valence-corrected chi connectivity index (χ2v) is 8.80. The van der Waals surface area contributed by atoms with Crippen molar-refractivity contribution < 1.29 is 4.74 Å². The zero-order valence-electron chi connectivity index (χ0n) is 17.2. The van der Waals surface area contributed by atoms with Gasteiger partial charge in [-0.05, 0) is 36.9 Å². The number of ether oxygens (including phenoxy) is 1. The van der Waals surface area contributed by atoms with E-state index in [0.717, 1.165) is 18.0 Å². The number of hydrogen-bond acceptors (Lipinski definition) is 2. The monoisotopic (exact) mass is 422 g/mol. The average molecular weight is 423 g/mol. The van der Waals surface area contributed by atoms with E-state index >= 15 is 0 Å². The van der Waals surface area contributed by atoms with E-state index in [1.165, 1.54) is 21.7 Å². The highest BCUT2D eigenvalue weighted by Crippen LogP contribution is 2.57.